The normalized spacial score (nSPS) is 12.1. The molecule has 0 bridgehead atoms. The average molecular weight is 164 g/mol. The number of benzene rings is 1. The zero-order chi connectivity index (χ0) is 8.97. The number of hydrogen-bond donors (Lipinski definition) is 2. The minimum Gasteiger partial charge on any atom is -0.270 e. The minimum absolute atomic E-state index is 0.349. The molecule has 0 radical (unpaired) electrons. The van der Waals surface area contributed by atoms with Crippen LogP contribution in [0.1, 0.15) is 11.6 Å². The smallest absolute Gasteiger partial charge is 0.129 e. The Morgan fingerprint density at radius 2 is 2.17 bits per heavy atom. The molecule has 0 heterocycles. The molecule has 0 saturated heterocycles. The second-order valence-electron chi connectivity index (χ2n) is 2.29. The summed E-state index contributed by atoms with van der Waals surface area (Å²) in [5.74, 6) is 7.11. The number of rotatable bonds is 2. The molecule has 0 aromatic heterocycles. The first-order chi connectivity index (χ1) is 5.79. The first-order valence-corrected chi connectivity index (χ1v) is 3.46. The van der Waals surface area contributed by atoms with Crippen molar-refractivity contribution < 1.29 is 4.39 Å². The summed E-state index contributed by atoms with van der Waals surface area (Å²) in [4.78, 5) is 0. The first-order valence-electron chi connectivity index (χ1n) is 3.46. The molecular formula is C9H9FN2. The molecular weight excluding hydrogens is 155 g/mol. The van der Waals surface area contributed by atoms with Crippen molar-refractivity contribution in [1.29, 1.82) is 0 Å². The van der Waals surface area contributed by atoms with Gasteiger partial charge in [-0.3, -0.25) is 5.84 Å². The van der Waals surface area contributed by atoms with Gasteiger partial charge < -0.3 is 0 Å². The fraction of sp³-hybridized carbons (Fsp3) is 0.111. The summed E-state index contributed by atoms with van der Waals surface area (Å²) < 4.78 is 13.0. The van der Waals surface area contributed by atoms with Gasteiger partial charge in [-0.1, -0.05) is 24.1 Å². The van der Waals surface area contributed by atoms with Crippen molar-refractivity contribution in [3.05, 3.63) is 35.6 Å². The van der Waals surface area contributed by atoms with Gasteiger partial charge in [0, 0.05) is 5.56 Å². The number of hydrogen-bond acceptors (Lipinski definition) is 2. The van der Waals surface area contributed by atoms with E-state index in [0.717, 1.165) is 0 Å². The summed E-state index contributed by atoms with van der Waals surface area (Å²) in [7, 11) is 0. The molecule has 0 spiro atoms. The molecule has 12 heavy (non-hydrogen) atoms. The standard InChI is InChI=1S/C9H9FN2/c1-2-9(12-11)7-5-3-4-6-8(7)10/h1,3-6,9,12H,11H2. The van der Waals surface area contributed by atoms with Gasteiger partial charge in [0.2, 0.25) is 0 Å². The van der Waals surface area contributed by atoms with Gasteiger partial charge >= 0.3 is 0 Å². The lowest BCUT2D eigenvalue weighted by molar-refractivity contribution is 0.575. The van der Waals surface area contributed by atoms with Crippen LogP contribution in [0, 0.1) is 18.2 Å². The summed E-state index contributed by atoms with van der Waals surface area (Å²) in [6.45, 7) is 0. The Morgan fingerprint density at radius 3 is 2.67 bits per heavy atom. The van der Waals surface area contributed by atoms with E-state index in [0.29, 0.717) is 5.56 Å². The zero-order valence-electron chi connectivity index (χ0n) is 6.42. The fourth-order valence-electron chi connectivity index (χ4n) is 0.937. The summed E-state index contributed by atoms with van der Waals surface area (Å²) in [6, 6.07) is 5.69. The van der Waals surface area contributed by atoms with Gasteiger partial charge in [-0.05, 0) is 6.07 Å². The van der Waals surface area contributed by atoms with Crippen molar-refractivity contribution in [2.45, 2.75) is 6.04 Å². The molecule has 1 atom stereocenters. The number of nitrogens with one attached hydrogen (secondary N) is 1. The lowest BCUT2D eigenvalue weighted by Gasteiger charge is -2.09. The Bertz CT molecular complexity index is 304. The highest BCUT2D eigenvalue weighted by Crippen LogP contribution is 2.14. The van der Waals surface area contributed by atoms with Gasteiger partial charge in [-0.25, -0.2) is 9.82 Å². The Labute approximate surface area is 70.6 Å². The maximum absolute atomic E-state index is 13.0. The van der Waals surface area contributed by atoms with Crippen LogP contribution >= 0.6 is 0 Å². The Morgan fingerprint density at radius 1 is 1.50 bits per heavy atom. The number of nitrogens with two attached hydrogens (primary N) is 1. The van der Waals surface area contributed by atoms with Gasteiger partial charge in [0.25, 0.3) is 0 Å². The molecule has 3 heteroatoms. The maximum atomic E-state index is 13.0. The van der Waals surface area contributed by atoms with Gasteiger partial charge in [-0.15, -0.1) is 6.42 Å². The van der Waals surface area contributed by atoms with Crippen molar-refractivity contribution in [1.82, 2.24) is 5.43 Å². The molecule has 0 aliphatic carbocycles. The molecule has 0 fully saturated rings. The molecule has 2 nitrogen and oxygen atoms in total. The third kappa shape index (κ3) is 1.62. The molecule has 0 amide bonds. The van der Waals surface area contributed by atoms with Crippen molar-refractivity contribution >= 4 is 0 Å². The lowest BCUT2D eigenvalue weighted by atomic mass is 10.1. The molecule has 1 aromatic rings. The predicted molar refractivity (Wildman–Crippen MR) is 45.3 cm³/mol. The quantitative estimate of drug-likeness (QED) is 0.388. The molecule has 1 aromatic carbocycles. The van der Waals surface area contributed by atoms with E-state index in [4.69, 9.17) is 12.3 Å². The number of hydrazine groups is 1. The van der Waals surface area contributed by atoms with Gasteiger partial charge in [0.05, 0.1) is 0 Å². The van der Waals surface area contributed by atoms with E-state index in [1.54, 1.807) is 18.2 Å². The van der Waals surface area contributed by atoms with Crippen LogP contribution in [-0.4, -0.2) is 0 Å². The third-order valence-electron chi connectivity index (χ3n) is 1.55. The van der Waals surface area contributed by atoms with Crippen molar-refractivity contribution in [3.8, 4) is 12.3 Å². The Kier molecular flexibility index (Phi) is 2.81. The summed E-state index contributed by atoms with van der Waals surface area (Å²) in [6.07, 6.45) is 5.13. The molecule has 0 aliphatic rings. The van der Waals surface area contributed by atoms with Gasteiger partial charge in [0.15, 0.2) is 0 Å². The molecule has 1 rings (SSSR count). The summed E-state index contributed by atoms with van der Waals surface area (Å²) in [5, 5.41) is 0. The highest BCUT2D eigenvalue weighted by molar-refractivity contribution is 5.26. The van der Waals surface area contributed by atoms with E-state index >= 15 is 0 Å². The SMILES string of the molecule is C#CC(NN)c1ccccc1F. The average Bonchev–Trinajstić information content (AvgIpc) is 2.10. The van der Waals surface area contributed by atoms with E-state index in [2.05, 4.69) is 11.3 Å². The van der Waals surface area contributed by atoms with Crippen LogP contribution in [-0.2, 0) is 0 Å². The minimum atomic E-state index is -0.564. The fourth-order valence-corrected chi connectivity index (χ4v) is 0.937. The van der Waals surface area contributed by atoms with Gasteiger partial charge in [0.1, 0.15) is 11.9 Å². The number of terminal acetylenes is 1. The molecule has 1 unspecified atom stereocenters. The molecule has 62 valence electrons. The van der Waals surface area contributed by atoms with Crippen molar-refractivity contribution in [3.63, 3.8) is 0 Å². The van der Waals surface area contributed by atoms with Gasteiger partial charge in [-0.2, -0.15) is 0 Å². The molecule has 0 aliphatic heterocycles. The van der Waals surface area contributed by atoms with E-state index < -0.39 is 6.04 Å². The van der Waals surface area contributed by atoms with Crippen LogP contribution in [0.25, 0.3) is 0 Å². The lowest BCUT2D eigenvalue weighted by Crippen LogP contribution is -2.27. The van der Waals surface area contributed by atoms with Crippen LogP contribution in [0.15, 0.2) is 24.3 Å². The zero-order valence-corrected chi connectivity index (χ0v) is 6.42. The number of halogens is 1. The second kappa shape index (κ2) is 3.86. The Hall–Kier alpha value is -1.37. The van der Waals surface area contributed by atoms with Crippen molar-refractivity contribution in [2.75, 3.05) is 0 Å². The van der Waals surface area contributed by atoms with Crippen LogP contribution in [0.3, 0.4) is 0 Å². The topological polar surface area (TPSA) is 38.0 Å². The van der Waals surface area contributed by atoms with Crippen molar-refractivity contribution in [2.24, 2.45) is 5.84 Å². The van der Waals surface area contributed by atoms with Crippen LogP contribution in [0.4, 0.5) is 4.39 Å². The predicted octanol–water partition coefficient (Wildman–Crippen LogP) is 0.963. The monoisotopic (exact) mass is 164 g/mol. The third-order valence-corrected chi connectivity index (χ3v) is 1.55. The summed E-state index contributed by atoms with van der Waals surface area (Å²) >= 11 is 0. The maximum Gasteiger partial charge on any atom is 0.129 e. The van der Waals surface area contributed by atoms with E-state index in [9.17, 15) is 4.39 Å². The van der Waals surface area contributed by atoms with E-state index in [1.807, 2.05) is 0 Å². The largest absolute Gasteiger partial charge is 0.270 e. The van der Waals surface area contributed by atoms with Crippen LogP contribution in [0.5, 0.6) is 0 Å². The highest BCUT2D eigenvalue weighted by atomic mass is 19.1. The first kappa shape index (κ1) is 8.72. The molecule has 3 N–H and O–H groups in total. The van der Waals surface area contributed by atoms with E-state index in [1.165, 1.54) is 6.07 Å². The van der Waals surface area contributed by atoms with E-state index in [-0.39, 0.29) is 5.82 Å². The summed E-state index contributed by atoms with van der Waals surface area (Å²) in [5.41, 5.74) is 2.72. The van der Waals surface area contributed by atoms with Crippen LogP contribution in [0.2, 0.25) is 0 Å². The molecule has 0 saturated carbocycles. The highest BCUT2D eigenvalue weighted by Gasteiger charge is 2.09. The second-order valence-corrected chi connectivity index (χ2v) is 2.29. The Balaban J connectivity index is 3.02. The van der Waals surface area contributed by atoms with Crippen LogP contribution < -0.4 is 11.3 Å².